The number of benzene rings is 3. The van der Waals surface area contributed by atoms with Crippen LogP contribution in [0.15, 0.2) is 65.6 Å². The van der Waals surface area contributed by atoms with Gasteiger partial charge in [0.1, 0.15) is 11.5 Å². The van der Waals surface area contributed by atoms with Crippen LogP contribution in [0.4, 0.5) is 5.69 Å². The summed E-state index contributed by atoms with van der Waals surface area (Å²) in [4.78, 5) is 14.4. The Morgan fingerprint density at radius 1 is 0.919 bits per heavy atom. The molecule has 37 heavy (non-hydrogen) atoms. The summed E-state index contributed by atoms with van der Waals surface area (Å²) in [5, 5.41) is 0. The van der Waals surface area contributed by atoms with Gasteiger partial charge in [-0.1, -0.05) is 31.2 Å². The third-order valence-corrected chi connectivity index (χ3v) is 8.03. The first-order valence-corrected chi connectivity index (χ1v) is 13.5. The lowest BCUT2D eigenvalue weighted by Gasteiger charge is -2.20. The van der Waals surface area contributed by atoms with Crippen molar-refractivity contribution in [3.05, 3.63) is 71.8 Å². The number of anilines is 1. The van der Waals surface area contributed by atoms with Crippen molar-refractivity contribution in [3.8, 4) is 22.6 Å². The van der Waals surface area contributed by atoms with E-state index in [2.05, 4.69) is 21.8 Å². The first-order chi connectivity index (χ1) is 17.8. The van der Waals surface area contributed by atoms with Gasteiger partial charge in [0.15, 0.2) is 0 Å². The van der Waals surface area contributed by atoms with Gasteiger partial charge in [0.2, 0.25) is 0 Å². The quantitative estimate of drug-likeness (QED) is 0.385. The fourth-order valence-corrected chi connectivity index (χ4v) is 5.61. The topological polar surface area (TPSA) is 94.2 Å². The van der Waals surface area contributed by atoms with E-state index in [1.54, 1.807) is 42.5 Å². The highest BCUT2D eigenvalue weighted by Gasteiger charge is 2.26. The van der Waals surface area contributed by atoms with Crippen LogP contribution in [0.1, 0.15) is 24.5 Å². The second-order valence-corrected chi connectivity index (χ2v) is 10.7. The van der Waals surface area contributed by atoms with Gasteiger partial charge >= 0.3 is 5.97 Å². The highest BCUT2D eigenvalue weighted by Crippen LogP contribution is 2.32. The Balaban J connectivity index is 1.48. The minimum atomic E-state index is -3.82. The maximum Gasteiger partial charge on any atom is 0.309 e. The van der Waals surface area contributed by atoms with Gasteiger partial charge in [0, 0.05) is 25.7 Å². The van der Waals surface area contributed by atoms with Gasteiger partial charge in [-0.25, -0.2) is 8.42 Å². The van der Waals surface area contributed by atoms with Crippen molar-refractivity contribution in [1.29, 1.82) is 0 Å². The Labute approximate surface area is 218 Å². The second-order valence-electron chi connectivity index (χ2n) is 8.98. The molecule has 0 aromatic heterocycles. The summed E-state index contributed by atoms with van der Waals surface area (Å²) in [6, 6.07) is 18.0. The minimum Gasteiger partial charge on any atom is -0.497 e. The molecule has 8 nitrogen and oxygen atoms in total. The molecule has 0 saturated carbocycles. The predicted molar refractivity (Wildman–Crippen MR) is 142 cm³/mol. The van der Waals surface area contributed by atoms with Crippen LogP contribution in [-0.2, 0) is 32.6 Å². The molecule has 0 aliphatic carbocycles. The van der Waals surface area contributed by atoms with E-state index in [1.807, 2.05) is 13.0 Å². The third kappa shape index (κ3) is 5.89. The van der Waals surface area contributed by atoms with Crippen LogP contribution in [0.2, 0.25) is 0 Å². The SMILES string of the molecule is CCC(CN1Cc2ccc(-c3ccc(S(=O)(=O)Nc4ccc(OC)cc4OC)cc3)cc2C1)C(=O)OC. The van der Waals surface area contributed by atoms with Crippen LogP contribution in [0, 0.1) is 5.92 Å². The van der Waals surface area contributed by atoms with Gasteiger partial charge < -0.3 is 14.2 Å². The zero-order valence-corrected chi connectivity index (χ0v) is 22.3. The third-order valence-electron chi connectivity index (χ3n) is 6.65. The van der Waals surface area contributed by atoms with E-state index in [0.717, 1.165) is 30.6 Å². The summed E-state index contributed by atoms with van der Waals surface area (Å²) in [5.74, 6) is 0.618. The number of fused-ring (bicyclic) bond motifs is 1. The maximum absolute atomic E-state index is 13.0. The number of hydrogen-bond acceptors (Lipinski definition) is 7. The molecule has 4 rings (SSSR count). The van der Waals surface area contributed by atoms with E-state index in [0.29, 0.717) is 23.7 Å². The number of carbonyl (C=O) groups excluding carboxylic acids is 1. The molecule has 1 atom stereocenters. The van der Waals surface area contributed by atoms with Crippen LogP contribution in [0.25, 0.3) is 11.1 Å². The van der Waals surface area contributed by atoms with Crippen molar-refractivity contribution in [2.75, 3.05) is 32.6 Å². The Bertz CT molecular complexity index is 1370. The molecule has 9 heteroatoms. The second kappa shape index (κ2) is 11.2. The number of sulfonamides is 1. The van der Waals surface area contributed by atoms with Crippen LogP contribution >= 0.6 is 0 Å². The highest BCUT2D eigenvalue weighted by molar-refractivity contribution is 7.92. The average Bonchev–Trinajstić information content (AvgIpc) is 3.33. The summed E-state index contributed by atoms with van der Waals surface area (Å²) >= 11 is 0. The summed E-state index contributed by atoms with van der Waals surface area (Å²) in [6.07, 6.45) is 0.736. The lowest BCUT2D eigenvalue weighted by atomic mass is 10.0. The number of nitrogens with zero attached hydrogens (tertiary/aromatic N) is 1. The largest absolute Gasteiger partial charge is 0.497 e. The molecule has 0 saturated heterocycles. The molecule has 3 aromatic carbocycles. The Kier molecular flexibility index (Phi) is 8.04. The van der Waals surface area contributed by atoms with Gasteiger partial charge in [-0.05, 0) is 59.0 Å². The monoisotopic (exact) mass is 524 g/mol. The normalized spacial score (nSPS) is 14.1. The van der Waals surface area contributed by atoms with Crippen LogP contribution in [0.3, 0.4) is 0 Å². The van der Waals surface area contributed by atoms with Crippen LogP contribution in [-0.4, -0.2) is 47.2 Å². The Morgan fingerprint density at radius 2 is 1.62 bits per heavy atom. The first kappa shape index (κ1) is 26.5. The minimum absolute atomic E-state index is 0.139. The zero-order chi connectivity index (χ0) is 26.6. The molecule has 196 valence electrons. The van der Waals surface area contributed by atoms with E-state index in [9.17, 15) is 13.2 Å². The molecule has 0 bridgehead atoms. The van der Waals surface area contributed by atoms with Gasteiger partial charge in [-0.3, -0.25) is 14.4 Å². The number of nitrogens with one attached hydrogen (secondary N) is 1. The smallest absolute Gasteiger partial charge is 0.309 e. The van der Waals surface area contributed by atoms with Crippen molar-refractivity contribution >= 4 is 21.7 Å². The standard InChI is InChI=1S/C28H32N2O6S/c1-5-19(28(31)36-4)16-30-17-22-7-6-21(14-23(22)18-30)20-8-11-25(12-9-20)37(32,33)29-26-13-10-24(34-2)15-27(26)35-3/h6-15,19,29H,5,16-18H2,1-4H3. The maximum atomic E-state index is 13.0. The van der Waals surface area contributed by atoms with Crippen molar-refractivity contribution < 1.29 is 27.4 Å². The van der Waals surface area contributed by atoms with E-state index in [4.69, 9.17) is 14.2 Å². The molecule has 0 spiro atoms. The number of ether oxygens (including phenoxy) is 3. The molecular formula is C28H32N2O6S. The molecule has 1 unspecified atom stereocenters. The van der Waals surface area contributed by atoms with Crippen molar-refractivity contribution in [3.63, 3.8) is 0 Å². The summed E-state index contributed by atoms with van der Waals surface area (Å²) in [5.41, 5.74) is 4.70. The van der Waals surface area contributed by atoms with Crippen molar-refractivity contribution in [1.82, 2.24) is 4.90 Å². The zero-order valence-electron chi connectivity index (χ0n) is 21.5. The lowest BCUT2D eigenvalue weighted by molar-refractivity contribution is -0.146. The number of hydrogen-bond donors (Lipinski definition) is 1. The van der Waals surface area contributed by atoms with Crippen LogP contribution < -0.4 is 14.2 Å². The number of methoxy groups -OCH3 is 3. The highest BCUT2D eigenvalue weighted by atomic mass is 32.2. The molecule has 1 aliphatic heterocycles. The fraction of sp³-hybridized carbons (Fsp3) is 0.321. The van der Waals surface area contributed by atoms with Gasteiger partial charge in [-0.2, -0.15) is 0 Å². The molecule has 1 aliphatic rings. The van der Waals surface area contributed by atoms with Crippen molar-refractivity contribution in [2.24, 2.45) is 5.92 Å². The fourth-order valence-electron chi connectivity index (χ4n) is 4.54. The number of carbonyl (C=O) groups is 1. The van der Waals surface area contributed by atoms with Crippen molar-refractivity contribution in [2.45, 2.75) is 31.3 Å². The van der Waals surface area contributed by atoms with Gasteiger partial charge in [0.05, 0.1) is 37.8 Å². The summed E-state index contributed by atoms with van der Waals surface area (Å²) in [7, 11) is 0.612. The van der Waals surface area contributed by atoms with E-state index in [1.165, 1.54) is 32.5 Å². The van der Waals surface area contributed by atoms with E-state index >= 15 is 0 Å². The summed E-state index contributed by atoms with van der Waals surface area (Å²) < 4.78 is 44.0. The van der Waals surface area contributed by atoms with Crippen LogP contribution in [0.5, 0.6) is 11.5 Å². The predicted octanol–water partition coefficient (Wildman–Crippen LogP) is 4.69. The molecule has 1 N–H and O–H groups in total. The molecule has 0 fully saturated rings. The summed E-state index contributed by atoms with van der Waals surface area (Å²) in [6.45, 7) is 4.21. The Morgan fingerprint density at radius 3 is 2.27 bits per heavy atom. The van der Waals surface area contributed by atoms with Gasteiger partial charge in [-0.15, -0.1) is 0 Å². The lowest BCUT2D eigenvalue weighted by Crippen LogP contribution is -2.30. The molecule has 3 aromatic rings. The Hall–Kier alpha value is -3.56. The van der Waals surface area contributed by atoms with E-state index < -0.39 is 10.0 Å². The molecule has 0 radical (unpaired) electrons. The molecule has 1 heterocycles. The number of rotatable bonds is 10. The molecule has 0 amide bonds. The molecular weight excluding hydrogens is 492 g/mol. The first-order valence-electron chi connectivity index (χ1n) is 12.0. The number of esters is 1. The van der Waals surface area contributed by atoms with Gasteiger partial charge in [0.25, 0.3) is 10.0 Å². The van der Waals surface area contributed by atoms with E-state index in [-0.39, 0.29) is 16.8 Å². The average molecular weight is 525 g/mol.